The van der Waals surface area contributed by atoms with Crippen LogP contribution in [0.1, 0.15) is 11.1 Å². The fraction of sp³-hybridized carbons (Fsp3) is 0.0385. The molecule has 3 aromatic carbocycles. The highest BCUT2D eigenvalue weighted by atomic mass is 32.2. The van der Waals surface area contributed by atoms with E-state index in [9.17, 15) is 8.42 Å². The number of benzene rings is 3. The lowest BCUT2D eigenvalue weighted by atomic mass is 10.1. The molecule has 8 heteroatoms. The first-order valence-electron chi connectivity index (χ1n) is 10.4. The predicted octanol–water partition coefficient (Wildman–Crippen LogP) is 6.15. The number of rotatable bonds is 6. The Morgan fingerprint density at radius 2 is 1.88 bits per heavy atom. The molecule has 34 heavy (non-hydrogen) atoms. The smallest absolute Gasteiger partial charge is 0.268 e. The summed E-state index contributed by atoms with van der Waals surface area (Å²) in [7, 11) is -3.92. The summed E-state index contributed by atoms with van der Waals surface area (Å²) in [4.78, 5) is 0.118. The number of halogens is 1. The van der Waals surface area contributed by atoms with Crippen molar-refractivity contribution in [1.82, 2.24) is 14.2 Å². The maximum absolute atomic E-state index is 15.3. The summed E-state index contributed by atoms with van der Waals surface area (Å²) in [5.74, 6) is -0.316. The molecule has 0 unspecified atom stereocenters. The van der Waals surface area contributed by atoms with E-state index >= 15 is 4.39 Å². The molecule has 0 aliphatic rings. The van der Waals surface area contributed by atoms with Crippen LogP contribution in [0.2, 0.25) is 0 Å². The Kier molecular flexibility index (Phi) is 5.30. The van der Waals surface area contributed by atoms with Gasteiger partial charge in [0.1, 0.15) is 5.75 Å². The molecule has 0 saturated carbocycles. The van der Waals surface area contributed by atoms with E-state index < -0.39 is 15.8 Å². The molecule has 0 saturated heterocycles. The molecule has 0 bridgehead atoms. The number of aromatic nitrogens is 3. The van der Waals surface area contributed by atoms with Gasteiger partial charge in [-0.15, -0.1) is 0 Å². The number of aromatic amines is 1. The van der Waals surface area contributed by atoms with Gasteiger partial charge in [0.25, 0.3) is 10.0 Å². The number of nitrogens with one attached hydrogen (secondary N) is 1. The molecular weight excluding hydrogens is 453 g/mol. The third-order valence-corrected chi connectivity index (χ3v) is 7.26. The molecule has 0 aliphatic carbocycles. The first-order valence-corrected chi connectivity index (χ1v) is 11.9. The molecule has 1 N–H and O–H groups in total. The lowest BCUT2D eigenvalue weighted by Crippen LogP contribution is -2.12. The fourth-order valence-electron chi connectivity index (χ4n) is 3.83. The standard InChI is InChI=1S/C26H20FN3O3S/c1-3-21-22-12-14-30(34(31,32)20-9-7-17(2)8-10-20)25(22)16-23(27)26(21)33-19-6-4-5-18(15-19)24-11-13-28-29-24/h3-16H,1H2,2H3,(H,28,29). The molecule has 0 aliphatic heterocycles. The zero-order chi connectivity index (χ0) is 23.9. The number of H-pyrrole nitrogens is 1. The first kappa shape index (κ1) is 21.7. The van der Waals surface area contributed by atoms with Crippen LogP contribution in [0.15, 0.2) is 90.6 Å². The first-order chi connectivity index (χ1) is 16.4. The maximum atomic E-state index is 15.3. The molecular formula is C26H20FN3O3S. The van der Waals surface area contributed by atoms with E-state index in [1.807, 2.05) is 19.1 Å². The maximum Gasteiger partial charge on any atom is 0.268 e. The quantitative estimate of drug-likeness (QED) is 0.321. The summed E-state index contributed by atoms with van der Waals surface area (Å²) in [5.41, 5.74) is 3.12. The SMILES string of the molecule is C=Cc1c(Oc2cccc(-c3ccn[nH]3)c2)c(F)cc2c1ccn2S(=O)(=O)c1ccc(C)cc1. The number of nitrogens with zero attached hydrogens (tertiary/aromatic N) is 2. The highest BCUT2D eigenvalue weighted by molar-refractivity contribution is 7.90. The molecule has 2 aromatic heterocycles. The average Bonchev–Trinajstić information content (AvgIpc) is 3.51. The lowest BCUT2D eigenvalue weighted by Gasteiger charge is -2.13. The van der Waals surface area contributed by atoms with Crippen LogP contribution in [0.5, 0.6) is 11.5 Å². The summed E-state index contributed by atoms with van der Waals surface area (Å²) in [5, 5.41) is 7.33. The second-order valence-corrected chi connectivity index (χ2v) is 9.58. The Balaban J connectivity index is 1.60. The number of ether oxygens (including phenoxy) is 1. The molecule has 5 aromatic rings. The second-order valence-electron chi connectivity index (χ2n) is 7.77. The highest BCUT2D eigenvalue weighted by Gasteiger charge is 2.23. The number of aryl methyl sites for hydroxylation is 1. The number of hydrogen-bond donors (Lipinski definition) is 1. The van der Waals surface area contributed by atoms with Crippen LogP contribution >= 0.6 is 0 Å². The van der Waals surface area contributed by atoms with Gasteiger partial charge in [0, 0.05) is 35.0 Å². The van der Waals surface area contributed by atoms with Crippen LogP contribution in [0.4, 0.5) is 4.39 Å². The highest BCUT2D eigenvalue weighted by Crippen LogP contribution is 2.37. The summed E-state index contributed by atoms with van der Waals surface area (Å²) in [6.07, 6.45) is 4.51. The molecule has 0 spiro atoms. The normalized spacial score (nSPS) is 11.6. The van der Waals surface area contributed by atoms with Crippen molar-refractivity contribution in [3.05, 3.63) is 103 Å². The third-order valence-electron chi connectivity index (χ3n) is 5.55. The molecule has 170 valence electrons. The number of hydrogen-bond acceptors (Lipinski definition) is 4. The van der Waals surface area contributed by atoms with E-state index in [-0.39, 0.29) is 16.2 Å². The molecule has 0 radical (unpaired) electrons. The van der Waals surface area contributed by atoms with E-state index in [2.05, 4.69) is 16.8 Å². The average molecular weight is 474 g/mol. The van der Waals surface area contributed by atoms with Crippen LogP contribution in [-0.2, 0) is 10.0 Å². The summed E-state index contributed by atoms with van der Waals surface area (Å²) < 4.78 is 48.8. The van der Waals surface area contributed by atoms with Crippen LogP contribution in [0, 0.1) is 12.7 Å². The van der Waals surface area contributed by atoms with Crippen molar-refractivity contribution in [3.63, 3.8) is 0 Å². The molecule has 5 rings (SSSR count). The molecule has 2 heterocycles. The van der Waals surface area contributed by atoms with Crippen LogP contribution < -0.4 is 4.74 Å². The third kappa shape index (κ3) is 3.68. The van der Waals surface area contributed by atoms with Crippen molar-refractivity contribution < 1.29 is 17.5 Å². The van der Waals surface area contributed by atoms with Gasteiger partial charge in [-0.2, -0.15) is 5.10 Å². The van der Waals surface area contributed by atoms with Gasteiger partial charge in [0.2, 0.25) is 0 Å². The van der Waals surface area contributed by atoms with Crippen molar-refractivity contribution in [1.29, 1.82) is 0 Å². The van der Waals surface area contributed by atoms with E-state index in [1.165, 1.54) is 30.5 Å². The van der Waals surface area contributed by atoms with Crippen molar-refractivity contribution in [2.45, 2.75) is 11.8 Å². The van der Waals surface area contributed by atoms with E-state index in [0.717, 1.165) is 20.8 Å². The van der Waals surface area contributed by atoms with Crippen molar-refractivity contribution >= 4 is 27.0 Å². The Morgan fingerprint density at radius 1 is 1.09 bits per heavy atom. The lowest BCUT2D eigenvalue weighted by molar-refractivity contribution is 0.442. The minimum Gasteiger partial charge on any atom is -0.454 e. The van der Waals surface area contributed by atoms with Gasteiger partial charge in [-0.05, 0) is 43.3 Å². The predicted molar refractivity (Wildman–Crippen MR) is 130 cm³/mol. The zero-order valence-corrected chi connectivity index (χ0v) is 19.0. The number of fused-ring (bicyclic) bond motifs is 1. The van der Waals surface area contributed by atoms with Crippen LogP contribution in [0.25, 0.3) is 28.2 Å². The van der Waals surface area contributed by atoms with Gasteiger partial charge in [0.15, 0.2) is 11.6 Å². The Morgan fingerprint density at radius 3 is 2.59 bits per heavy atom. The van der Waals surface area contributed by atoms with Crippen molar-refractivity contribution in [2.24, 2.45) is 0 Å². The van der Waals surface area contributed by atoms with Gasteiger partial charge >= 0.3 is 0 Å². The Labute approximate surface area is 196 Å². The molecule has 6 nitrogen and oxygen atoms in total. The minimum atomic E-state index is -3.92. The molecule has 0 fully saturated rings. The van der Waals surface area contributed by atoms with Gasteiger partial charge in [-0.1, -0.05) is 42.5 Å². The Hall–Kier alpha value is -4.17. The molecule has 0 atom stereocenters. The topological polar surface area (TPSA) is 77.0 Å². The molecule has 0 amide bonds. The fourth-order valence-corrected chi connectivity index (χ4v) is 5.17. The van der Waals surface area contributed by atoms with Crippen LogP contribution in [-0.4, -0.2) is 22.6 Å². The van der Waals surface area contributed by atoms with Gasteiger partial charge in [-0.25, -0.2) is 16.8 Å². The van der Waals surface area contributed by atoms with E-state index in [0.29, 0.717) is 16.7 Å². The summed E-state index contributed by atoms with van der Waals surface area (Å²) in [6.45, 7) is 5.68. The van der Waals surface area contributed by atoms with Crippen molar-refractivity contribution in [2.75, 3.05) is 0 Å². The van der Waals surface area contributed by atoms with E-state index in [4.69, 9.17) is 4.74 Å². The monoisotopic (exact) mass is 473 g/mol. The van der Waals surface area contributed by atoms with Gasteiger partial charge in [0.05, 0.1) is 16.1 Å². The van der Waals surface area contributed by atoms with Crippen molar-refractivity contribution in [3.8, 4) is 22.8 Å². The van der Waals surface area contributed by atoms with Gasteiger partial charge < -0.3 is 4.74 Å². The Bertz CT molecular complexity index is 1620. The summed E-state index contributed by atoms with van der Waals surface area (Å²) in [6, 6.07) is 18.3. The summed E-state index contributed by atoms with van der Waals surface area (Å²) >= 11 is 0. The second kappa shape index (κ2) is 8.31. The largest absolute Gasteiger partial charge is 0.454 e. The van der Waals surface area contributed by atoms with E-state index in [1.54, 1.807) is 42.6 Å². The zero-order valence-electron chi connectivity index (χ0n) is 18.2. The minimum absolute atomic E-state index is 0.0326. The van der Waals surface area contributed by atoms with Gasteiger partial charge in [-0.3, -0.25) is 5.10 Å². The van der Waals surface area contributed by atoms with Crippen LogP contribution in [0.3, 0.4) is 0 Å².